The van der Waals surface area contributed by atoms with Crippen LogP contribution in [0.4, 0.5) is 5.13 Å². The summed E-state index contributed by atoms with van der Waals surface area (Å²) in [5.41, 5.74) is 0.791. The van der Waals surface area contributed by atoms with Gasteiger partial charge in [-0.05, 0) is 26.8 Å². The van der Waals surface area contributed by atoms with E-state index in [-0.39, 0.29) is 17.4 Å². The van der Waals surface area contributed by atoms with Gasteiger partial charge in [0, 0.05) is 12.2 Å². The summed E-state index contributed by atoms with van der Waals surface area (Å²) in [5.74, 6) is 0. The van der Waals surface area contributed by atoms with Crippen molar-refractivity contribution in [1.82, 2.24) is 10.1 Å². The van der Waals surface area contributed by atoms with E-state index in [9.17, 15) is 14.7 Å². The molecule has 0 aliphatic rings. The predicted octanol–water partition coefficient (Wildman–Crippen LogP) is 3.96. The van der Waals surface area contributed by atoms with Crippen LogP contribution in [0.2, 0.25) is 0 Å². The monoisotopic (exact) mass is 355 g/mol. The van der Waals surface area contributed by atoms with E-state index in [0.29, 0.717) is 11.4 Å². The lowest BCUT2D eigenvalue weighted by Crippen LogP contribution is -2.18. The number of nitrogens with one attached hydrogen (secondary N) is 1. The molecule has 0 spiro atoms. The van der Waals surface area contributed by atoms with Crippen LogP contribution < -0.4 is 5.09 Å². The number of nitrogens with zero attached hydrogens (tertiary/aromatic N) is 2. The summed E-state index contributed by atoms with van der Waals surface area (Å²) in [6.07, 6.45) is 1.38. The molecule has 1 unspecified atom stereocenters. The molecule has 7 nitrogen and oxygen atoms in total. The number of thiazole rings is 1. The molecule has 124 valence electrons. The largest absolute Gasteiger partial charge is 0.423 e. The van der Waals surface area contributed by atoms with Crippen LogP contribution >= 0.6 is 18.9 Å². The average Bonchev–Trinajstić information content (AvgIpc) is 3.01. The van der Waals surface area contributed by atoms with Crippen LogP contribution in [0.25, 0.3) is 0 Å². The molecule has 0 saturated carbocycles. The van der Waals surface area contributed by atoms with Gasteiger partial charge in [0.25, 0.3) is 7.52 Å². The van der Waals surface area contributed by atoms with Gasteiger partial charge >= 0.3 is 5.13 Å². The summed E-state index contributed by atoms with van der Waals surface area (Å²) >= 11 is 0.924. The summed E-state index contributed by atoms with van der Waals surface area (Å²) in [7, 11) is -3.08. The normalized spacial score (nSPS) is 13.9. The molecule has 0 aliphatic carbocycles. The van der Waals surface area contributed by atoms with E-state index in [1.54, 1.807) is 0 Å². The van der Waals surface area contributed by atoms with Gasteiger partial charge in [0.15, 0.2) is 6.20 Å². The van der Waals surface area contributed by atoms with Crippen molar-refractivity contribution in [2.24, 2.45) is 0 Å². The molecule has 2 rings (SSSR count). The van der Waals surface area contributed by atoms with Crippen molar-refractivity contribution in [3.8, 4) is 0 Å². The minimum absolute atomic E-state index is 0.0305. The molecule has 1 atom stereocenters. The molecule has 1 heterocycles. The first kappa shape index (κ1) is 17.7. The Hall–Kier alpha value is -1.60. The van der Waals surface area contributed by atoms with Gasteiger partial charge < -0.3 is 14.6 Å². The summed E-state index contributed by atoms with van der Waals surface area (Å²) in [4.78, 5) is 14.3. The van der Waals surface area contributed by atoms with Gasteiger partial charge in [-0.25, -0.2) is 5.09 Å². The van der Waals surface area contributed by atoms with Crippen LogP contribution in [-0.2, 0) is 22.2 Å². The second kappa shape index (κ2) is 7.79. The van der Waals surface area contributed by atoms with Crippen molar-refractivity contribution in [3.05, 3.63) is 57.1 Å². The van der Waals surface area contributed by atoms with Crippen molar-refractivity contribution in [2.75, 3.05) is 0 Å². The van der Waals surface area contributed by atoms with Gasteiger partial charge in [-0.2, -0.15) is 0 Å². The maximum absolute atomic E-state index is 12.9. The number of rotatable bonds is 8. The van der Waals surface area contributed by atoms with Crippen molar-refractivity contribution in [3.63, 3.8) is 0 Å². The first-order chi connectivity index (χ1) is 10.9. The third-order valence-corrected chi connectivity index (χ3v) is 6.52. The second-order valence-electron chi connectivity index (χ2n) is 5.15. The van der Waals surface area contributed by atoms with Crippen molar-refractivity contribution in [2.45, 2.75) is 32.7 Å². The SMILES string of the molecule is CC(C)P(=O)(NCc1ccccc1)OCc1cnc([N+](=O)[O-])s1. The number of hydrogen-bond acceptors (Lipinski definition) is 6. The zero-order valence-electron chi connectivity index (χ0n) is 12.8. The molecular formula is C14H18N3O4PS. The van der Waals surface area contributed by atoms with Crippen LogP contribution in [0.3, 0.4) is 0 Å². The fourth-order valence-corrected chi connectivity index (χ4v) is 4.00. The number of aromatic nitrogens is 1. The summed E-state index contributed by atoms with van der Waals surface area (Å²) in [6, 6.07) is 9.61. The lowest BCUT2D eigenvalue weighted by molar-refractivity contribution is -0.384. The van der Waals surface area contributed by atoms with Gasteiger partial charge in [-0.3, -0.25) is 4.57 Å². The highest BCUT2D eigenvalue weighted by Crippen LogP contribution is 2.48. The minimum Gasteiger partial charge on any atom is -0.357 e. The molecule has 9 heteroatoms. The molecule has 1 N–H and O–H groups in total. The first-order valence-corrected chi connectivity index (χ1v) is 9.54. The molecule has 1 aromatic carbocycles. The molecule has 0 aliphatic heterocycles. The Morgan fingerprint density at radius 1 is 1.39 bits per heavy atom. The predicted molar refractivity (Wildman–Crippen MR) is 89.6 cm³/mol. The lowest BCUT2D eigenvalue weighted by atomic mass is 10.2. The Labute approximate surface area is 138 Å². The van der Waals surface area contributed by atoms with E-state index >= 15 is 0 Å². The third-order valence-electron chi connectivity index (χ3n) is 3.12. The molecule has 0 radical (unpaired) electrons. The molecule has 0 amide bonds. The Balaban J connectivity index is 1.99. The Kier molecular flexibility index (Phi) is 6.01. The average molecular weight is 355 g/mol. The quantitative estimate of drug-likeness (QED) is 0.437. The van der Waals surface area contributed by atoms with E-state index in [1.165, 1.54) is 6.20 Å². The molecule has 2 aromatic rings. The maximum atomic E-state index is 12.9. The van der Waals surface area contributed by atoms with E-state index in [2.05, 4.69) is 10.1 Å². The van der Waals surface area contributed by atoms with Gasteiger partial charge in [0.05, 0.1) is 11.5 Å². The Bertz CT molecular complexity index is 705. The van der Waals surface area contributed by atoms with E-state index in [4.69, 9.17) is 4.52 Å². The maximum Gasteiger partial charge on any atom is 0.423 e. The fraction of sp³-hybridized carbons (Fsp3) is 0.357. The second-order valence-corrected chi connectivity index (χ2v) is 9.05. The molecule has 0 saturated heterocycles. The molecule has 23 heavy (non-hydrogen) atoms. The first-order valence-electron chi connectivity index (χ1n) is 7.03. The van der Waals surface area contributed by atoms with Gasteiger partial charge in [-0.1, -0.05) is 44.2 Å². The summed E-state index contributed by atoms with van der Waals surface area (Å²) in [5, 5.41) is 13.4. The molecule has 0 bridgehead atoms. The number of benzene rings is 1. The molecule has 0 fully saturated rings. The zero-order valence-corrected chi connectivity index (χ0v) is 14.5. The highest BCUT2D eigenvalue weighted by atomic mass is 32.1. The standard InChI is InChI=1S/C14H18N3O4PS/c1-11(2)22(20,16-8-12-6-4-3-5-7-12)21-10-13-9-15-14(23-13)17(18)19/h3-7,9,11H,8,10H2,1-2H3,(H,16,20). The van der Waals surface area contributed by atoms with E-state index < -0.39 is 12.4 Å². The zero-order chi connectivity index (χ0) is 16.9. The smallest absolute Gasteiger partial charge is 0.357 e. The van der Waals surface area contributed by atoms with Crippen LogP contribution in [-0.4, -0.2) is 15.6 Å². The van der Waals surface area contributed by atoms with Crippen LogP contribution in [0.5, 0.6) is 0 Å². The topological polar surface area (TPSA) is 94.4 Å². The van der Waals surface area contributed by atoms with Crippen molar-refractivity contribution < 1.29 is 14.0 Å². The minimum atomic E-state index is -3.08. The van der Waals surface area contributed by atoms with Gasteiger partial charge in [0.2, 0.25) is 0 Å². The summed E-state index contributed by atoms with van der Waals surface area (Å²) in [6.45, 7) is 4.09. The van der Waals surface area contributed by atoms with E-state index in [1.807, 2.05) is 44.2 Å². The third kappa shape index (κ3) is 4.94. The fourth-order valence-electron chi connectivity index (χ4n) is 1.78. The lowest BCUT2D eigenvalue weighted by Gasteiger charge is -2.22. The number of hydrogen-bond donors (Lipinski definition) is 1. The molecular weight excluding hydrogens is 337 g/mol. The van der Waals surface area contributed by atoms with Gasteiger partial charge in [-0.15, -0.1) is 0 Å². The molecule has 1 aromatic heterocycles. The van der Waals surface area contributed by atoms with Crippen molar-refractivity contribution in [1.29, 1.82) is 0 Å². The van der Waals surface area contributed by atoms with Crippen molar-refractivity contribution >= 4 is 24.0 Å². The Morgan fingerprint density at radius 3 is 2.65 bits per heavy atom. The van der Waals surface area contributed by atoms with Gasteiger partial charge in [0.1, 0.15) is 0 Å². The van der Waals surface area contributed by atoms with Crippen LogP contribution in [0.1, 0.15) is 24.3 Å². The number of nitro groups is 1. The highest BCUT2D eigenvalue weighted by molar-refractivity contribution is 7.57. The summed E-state index contributed by atoms with van der Waals surface area (Å²) < 4.78 is 18.5. The van der Waals surface area contributed by atoms with Crippen LogP contribution in [0.15, 0.2) is 36.5 Å². The van der Waals surface area contributed by atoms with Crippen LogP contribution in [0, 0.1) is 10.1 Å². The highest BCUT2D eigenvalue weighted by Gasteiger charge is 2.28. The van der Waals surface area contributed by atoms with E-state index in [0.717, 1.165) is 16.9 Å². The Morgan fingerprint density at radius 2 is 2.09 bits per heavy atom.